The van der Waals surface area contributed by atoms with Crippen LogP contribution in [0.1, 0.15) is 30.9 Å². The van der Waals surface area contributed by atoms with Gasteiger partial charge in [0.25, 0.3) is 0 Å². The number of benzene rings is 3. The van der Waals surface area contributed by atoms with Gasteiger partial charge in [-0.25, -0.2) is 9.69 Å². The summed E-state index contributed by atoms with van der Waals surface area (Å²) in [4.78, 5) is 13.9. The van der Waals surface area contributed by atoms with Gasteiger partial charge >= 0.3 is 6.09 Å². The quantitative estimate of drug-likeness (QED) is 0.564. The second kappa shape index (κ2) is 7.70. The molecule has 0 radical (unpaired) electrons. The molecule has 30 heavy (non-hydrogen) atoms. The minimum absolute atomic E-state index is 0.0823. The normalized spacial score (nSPS) is 19.9. The van der Waals surface area contributed by atoms with Gasteiger partial charge < -0.3 is 14.9 Å². The number of allylic oxidation sites excluding steroid dienone is 2. The van der Waals surface area contributed by atoms with Crippen molar-refractivity contribution in [3.63, 3.8) is 0 Å². The van der Waals surface area contributed by atoms with Crippen LogP contribution in [0.4, 0.5) is 4.79 Å². The summed E-state index contributed by atoms with van der Waals surface area (Å²) in [6, 6.07) is 21.0. The number of carboxylic acid groups (broad SMARTS) is 1. The Hall–Kier alpha value is -2.96. The molecule has 5 nitrogen and oxygen atoms in total. The highest BCUT2D eigenvalue weighted by atomic mass is 32.2. The Morgan fingerprint density at radius 1 is 1.07 bits per heavy atom. The van der Waals surface area contributed by atoms with E-state index in [0.717, 1.165) is 31.9 Å². The monoisotopic (exact) mass is 421 g/mol. The summed E-state index contributed by atoms with van der Waals surface area (Å²) in [7, 11) is 1.65. The van der Waals surface area contributed by atoms with E-state index in [0.29, 0.717) is 11.3 Å². The van der Waals surface area contributed by atoms with Crippen LogP contribution in [0.15, 0.2) is 77.3 Å². The molecule has 0 bridgehead atoms. The predicted molar refractivity (Wildman–Crippen MR) is 119 cm³/mol. The van der Waals surface area contributed by atoms with Crippen molar-refractivity contribution in [2.45, 2.75) is 24.8 Å². The zero-order valence-corrected chi connectivity index (χ0v) is 17.8. The fourth-order valence-electron chi connectivity index (χ4n) is 3.92. The first-order valence-corrected chi connectivity index (χ1v) is 10.5. The van der Waals surface area contributed by atoms with Crippen LogP contribution in [0, 0.1) is 0 Å². The Labute approximate surface area is 179 Å². The van der Waals surface area contributed by atoms with E-state index in [4.69, 9.17) is 4.74 Å². The summed E-state index contributed by atoms with van der Waals surface area (Å²) >= 11 is 1.19. The lowest BCUT2D eigenvalue weighted by Gasteiger charge is -2.31. The van der Waals surface area contributed by atoms with Gasteiger partial charge in [-0.15, -0.1) is 0 Å². The molecule has 6 heteroatoms. The summed E-state index contributed by atoms with van der Waals surface area (Å²) in [6.07, 6.45) is -1.18. The van der Waals surface area contributed by atoms with Crippen molar-refractivity contribution < 1.29 is 19.7 Å². The molecule has 2 atom stereocenters. The van der Waals surface area contributed by atoms with Crippen LogP contribution in [0.3, 0.4) is 0 Å². The summed E-state index contributed by atoms with van der Waals surface area (Å²) in [5.74, 6) is 0.722. The molecule has 0 spiro atoms. The Morgan fingerprint density at radius 3 is 2.40 bits per heavy atom. The van der Waals surface area contributed by atoms with Crippen molar-refractivity contribution >= 4 is 28.6 Å². The number of aliphatic hydroxyl groups is 1. The highest BCUT2D eigenvalue weighted by molar-refractivity contribution is 8.04. The summed E-state index contributed by atoms with van der Waals surface area (Å²) in [6.45, 7) is 3.78. The molecule has 0 saturated heterocycles. The predicted octanol–water partition coefficient (Wildman–Crippen LogP) is 5.71. The lowest BCUT2D eigenvalue weighted by Crippen LogP contribution is -2.42. The molecule has 3 aromatic carbocycles. The summed E-state index contributed by atoms with van der Waals surface area (Å²) in [5, 5.41) is 21.7. The van der Waals surface area contributed by atoms with E-state index in [1.54, 1.807) is 38.3 Å². The summed E-state index contributed by atoms with van der Waals surface area (Å²) < 4.78 is 5.29. The van der Waals surface area contributed by atoms with Crippen molar-refractivity contribution in [2.24, 2.45) is 0 Å². The molecular formula is C24H23NO4S. The van der Waals surface area contributed by atoms with Gasteiger partial charge in [-0.1, -0.05) is 73.3 Å². The molecule has 2 N–H and O–H groups in total. The largest absolute Gasteiger partial charge is 0.497 e. The second-order valence-corrected chi connectivity index (χ2v) is 8.55. The third-order valence-electron chi connectivity index (χ3n) is 5.55. The minimum atomic E-state index is -1.69. The van der Waals surface area contributed by atoms with Gasteiger partial charge in [0, 0.05) is 22.1 Å². The van der Waals surface area contributed by atoms with Crippen LogP contribution in [0.25, 0.3) is 10.8 Å². The zero-order chi connectivity index (χ0) is 21.5. The van der Waals surface area contributed by atoms with Gasteiger partial charge in [-0.2, -0.15) is 0 Å². The minimum Gasteiger partial charge on any atom is -0.497 e. The van der Waals surface area contributed by atoms with Gasteiger partial charge in [0.2, 0.25) is 5.06 Å². The van der Waals surface area contributed by atoms with E-state index >= 15 is 0 Å². The molecule has 154 valence electrons. The van der Waals surface area contributed by atoms with Crippen molar-refractivity contribution in [3.8, 4) is 5.75 Å². The fourth-order valence-corrected chi connectivity index (χ4v) is 5.34. The zero-order valence-electron chi connectivity index (χ0n) is 17.0. The topological polar surface area (TPSA) is 70.0 Å². The third kappa shape index (κ3) is 3.32. The Kier molecular flexibility index (Phi) is 5.22. The number of thioether (sulfide) groups is 1. The number of carbonyl (C=O) groups is 1. The lowest BCUT2D eigenvalue weighted by molar-refractivity contribution is 0.00408. The molecule has 2 unspecified atom stereocenters. The Bertz CT molecular complexity index is 1140. The molecule has 1 aliphatic rings. The number of hydrogen-bond donors (Lipinski definition) is 2. The maximum absolute atomic E-state index is 12.0. The molecule has 1 aliphatic heterocycles. The van der Waals surface area contributed by atoms with Crippen LogP contribution < -0.4 is 4.74 Å². The number of amides is 1. The molecule has 0 aliphatic carbocycles. The number of methoxy groups -OCH3 is 1. The maximum atomic E-state index is 12.0. The maximum Gasteiger partial charge on any atom is 0.414 e. The van der Waals surface area contributed by atoms with Crippen molar-refractivity contribution in [1.82, 2.24) is 4.90 Å². The van der Waals surface area contributed by atoms with Crippen LogP contribution in [-0.4, -0.2) is 28.3 Å². The fraction of sp³-hybridized carbons (Fsp3) is 0.208. The molecular weight excluding hydrogens is 398 g/mol. The van der Waals surface area contributed by atoms with Gasteiger partial charge in [0.05, 0.1) is 7.11 Å². The summed E-state index contributed by atoms with van der Waals surface area (Å²) in [5.41, 5.74) is 2.13. The van der Waals surface area contributed by atoms with Gasteiger partial charge in [0.15, 0.2) is 0 Å². The number of nitrogens with zero attached hydrogens (tertiary/aromatic N) is 1. The van der Waals surface area contributed by atoms with E-state index in [1.807, 2.05) is 43.3 Å². The van der Waals surface area contributed by atoms with E-state index in [-0.39, 0.29) is 5.92 Å². The van der Waals surface area contributed by atoms with Crippen LogP contribution in [0.2, 0.25) is 0 Å². The first-order valence-electron chi connectivity index (χ1n) is 9.63. The highest BCUT2D eigenvalue weighted by Crippen LogP contribution is 2.55. The van der Waals surface area contributed by atoms with Gasteiger partial charge in [-0.05, 0) is 35.4 Å². The van der Waals surface area contributed by atoms with E-state index in [2.05, 4.69) is 6.07 Å². The number of hydrogen-bond acceptors (Lipinski definition) is 4. The van der Waals surface area contributed by atoms with Gasteiger partial charge in [-0.3, -0.25) is 0 Å². The molecule has 4 rings (SSSR count). The van der Waals surface area contributed by atoms with E-state index in [1.165, 1.54) is 11.8 Å². The van der Waals surface area contributed by atoms with E-state index in [9.17, 15) is 15.0 Å². The molecule has 1 heterocycles. The highest BCUT2D eigenvalue weighted by Gasteiger charge is 2.49. The van der Waals surface area contributed by atoms with Crippen LogP contribution in [-0.2, 0) is 5.06 Å². The number of fused-ring (bicyclic) bond motifs is 1. The molecule has 0 saturated carbocycles. The molecule has 3 aromatic rings. The third-order valence-corrected chi connectivity index (χ3v) is 7.13. The molecule has 0 fully saturated rings. The SMILES string of the molecule is COc1ccc2cc(C(C)C3=C(C)N(C(=O)O)C(O)(c4ccccc4)S3)ccc2c1. The van der Waals surface area contributed by atoms with Crippen molar-refractivity contribution in [3.05, 3.63) is 88.5 Å². The Morgan fingerprint density at radius 2 is 1.73 bits per heavy atom. The lowest BCUT2D eigenvalue weighted by atomic mass is 9.96. The average Bonchev–Trinajstić information content (AvgIpc) is 3.04. The molecule has 0 aromatic heterocycles. The van der Waals surface area contributed by atoms with Crippen LogP contribution >= 0.6 is 11.8 Å². The number of ether oxygens (including phenoxy) is 1. The smallest absolute Gasteiger partial charge is 0.414 e. The van der Waals surface area contributed by atoms with Crippen LogP contribution in [0.5, 0.6) is 5.75 Å². The molecule has 1 amide bonds. The average molecular weight is 422 g/mol. The Balaban J connectivity index is 1.74. The van der Waals surface area contributed by atoms with E-state index < -0.39 is 11.2 Å². The van der Waals surface area contributed by atoms with Crippen molar-refractivity contribution in [2.75, 3.05) is 7.11 Å². The van der Waals surface area contributed by atoms with Crippen molar-refractivity contribution in [1.29, 1.82) is 0 Å². The number of rotatable bonds is 4. The standard InChI is InChI=1S/C24H23NO4S/c1-15(17-9-10-19-14-21(29-3)12-11-18(19)13-17)22-16(2)25(23(26)27)24(28,30-22)20-7-5-4-6-8-20/h4-15,28H,1-3H3,(H,26,27). The second-order valence-electron chi connectivity index (χ2n) is 7.34. The van der Waals surface area contributed by atoms with Gasteiger partial charge in [0.1, 0.15) is 5.75 Å². The first kappa shape index (κ1) is 20.3. The first-order chi connectivity index (χ1) is 14.3.